The molecule has 0 aromatic carbocycles. The van der Waals surface area contributed by atoms with Crippen LogP contribution in [0.5, 0.6) is 0 Å². The first-order valence-electron chi connectivity index (χ1n) is 8.60. The number of hydrogen-bond donors (Lipinski definition) is 0. The molecule has 0 atom stereocenters. The number of rotatable bonds is 5. The van der Waals surface area contributed by atoms with E-state index in [1.807, 2.05) is 0 Å². The molecular formula is C17H31Cl2NiP. The molecule has 0 saturated heterocycles. The van der Waals surface area contributed by atoms with Crippen molar-refractivity contribution in [1.82, 2.24) is 0 Å². The Morgan fingerprint density at radius 1 is 0.905 bits per heavy atom. The van der Waals surface area contributed by atoms with Crippen LogP contribution in [0.2, 0.25) is 0 Å². The Bertz CT molecular complexity index is 244. The minimum atomic E-state index is 0.211. The molecule has 0 aromatic heterocycles. The zero-order valence-electron chi connectivity index (χ0n) is 13.3. The number of hydrogen-bond acceptors (Lipinski definition) is 0. The fourth-order valence-corrected chi connectivity index (χ4v) is 7.06. The fourth-order valence-electron chi connectivity index (χ4n) is 3.66. The molecule has 0 unspecified atom stereocenters. The summed E-state index contributed by atoms with van der Waals surface area (Å²) in [5.41, 5.74) is 2.18. The van der Waals surface area contributed by atoms with Crippen molar-refractivity contribution < 1.29 is 12.7 Å². The topological polar surface area (TPSA) is 0 Å². The second-order valence-electron chi connectivity index (χ2n) is 6.25. The first kappa shape index (κ1) is 20.3. The predicted molar refractivity (Wildman–Crippen MR) is 96.4 cm³/mol. The van der Waals surface area contributed by atoms with E-state index in [0.717, 1.165) is 11.3 Å². The van der Waals surface area contributed by atoms with Gasteiger partial charge >= 0.3 is 33.0 Å². The molecule has 0 bridgehead atoms. The van der Waals surface area contributed by atoms with Crippen molar-refractivity contribution in [3.63, 3.8) is 0 Å². The zero-order valence-corrected chi connectivity index (χ0v) is 16.7. The summed E-state index contributed by atoms with van der Waals surface area (Å²) in [6, 6.07) is 0. The molecule has 0 spiro atoms. The van der Waals surface area contributed by atoms with Gasteiger partial charge in [0.05, 0.1) is 0 Å². The van der Waals surface area contributed by atoms with Crippen molar-refractivity contribution >= 4 is 28.3 Å². The summed E-state index contributed by atoms with van der Waals surface area (Å²) in [5, 5.41) is 0. The van der Waals surface area contributed by atoms with Gasteiger partial charge in [0, 0.05) is 0 Å². The quantitative estimate of drug-likeness (QED) is 0.328. The molecular weight excluding hydrogens is 365 g/mol. The predicted octanol–water partition coefficient (Wildman–Crippen LogP) is 7.82. The third-order valence-corrected chi connectivity index (χ3v) is 8.00. The Hall–Kier alpha value is 1.24. The van der Waals surface area contributed by atoms with Crippen molar-refractivity contribution in [2.24, 2.45) is 0 Å². The summed E-state index contributed by atoms with van der Waals surface area (Å²) < 4.78 is 0. The molecule has 2 rings (SSSR count). The van der Waals surface area contributed by atoms with Gasteiger partial charge in [-0.05, 0) is 43.4 Å². The van der Waals surface area contributed by atoms with Crippen LogP contribution in [-0.4, -0.2) is 11.3 Å². The van der Waals surface area contributed by atoms with E-state index in [9.17, 15) is 0 Å². The first-order chi connectivity index (χ1) is 10.3. The third-order valence-electron chi connectivity index (χ3n) is 4.73. The third kappa shape index (κ3) is 8.60. The molecule has 2 aliphatic carbocycles. The molecule has 0 aromatic rings. The molecule has 2 aliphatic rings. The van der Waals surface area contributed by atoms with E-state index in [4.69, 9.17) is 20.4 Å². The summed E-state index contributed by atoms with van der Waals surface area (Å²) in [6.45, 7) is 2.30. The van der Waals surface area contributed by atoms with E-state index >= 15 is 0 Å². The molecule has 0 amide bonds. The van der Waals surface area contributed by atoms with Gasteiger partial charge in [-0.3, -0.25) is 0 Å². The van der Waals surface area contributed by atoms with Crippen LogP contribution in [0.25, 0.3) is 0 Å². The molecule has 128 valence electrons. The summed E-state index contributed by atoms with van der Waals surface area (Å²) in [7, 11) is 9.61. The Morgan fingerprint density at radius 3 is 1.71 bits per heavy atom. The van der Waals surface area contributed by atoms with E-state index in [-0.39, 0.29) is 7.92 Å². The van der Waals surface area contributed by atoms with Gasteiger partial charge in [0.1, 0.15) is 0 Å². The van der Waals surface area contributed by atoms with E-state index in [1.54, 1.807) is 25.7 Å². The van der Waals surface area contributed by atoms with Crippen LogP contribution in [0.1, 0.15) is 84.0 Å². The Morgan fingerprint density at radius 2 is 1.33 bits per heavy atom. The second kappa shape index (κ2) is 13.7. The molecule has 0 nitrogen and oxygen atoms in total. The molecule has 4 heteroatoms. The van der Waals surface area contributed by atoms with Gasteiger partial charge in [-0.1, -0.05) is 71.7 Å². The van der Waals surface area contributed by atoms with E-state index in [2.05, 4.69) is 18.8 Å². The Kier molecular flexibility index (Phi) is 13.2. The summed E-state index contributed by atoms with van der Waals surface area (Å²) in [4.78, 5) is 0. The molecule has 0 aliphatic heterocycles. The average molecular weight is 396 g/mol. The van der Waals surface area contributed by atoms with Crippen LogP contribution in [-0.2, 0) is 12.7 Å². The van der Waals surface area contributed by atoms with Gasteiger partial charge in [0.25, 0.3) is 0 Å². The monoisotopic (exact) mass is 394 g/mol. The number of halogens is 2. The Labute approximate surface area is 147 Å². The number of allylic oxidation sites excluding steroid dienone is 1. The summed E-state index contributed by atoms with van der Waals surface area (Å²) in [6.07, 6.45) is 20.4. The molecule has 2 saturated carbocycles. The van der Waals surface area contributed by atoms with E-state index in [0.29, 0.717) is 12.7 Å². The normalized spacial score (nSPS) is 21.7. The Balaban J connectivity index is 0.000000677. The SMILES string of the molecule is CCCC=CP(C1CCCCC1)C1CCCCC1.[Cl][Ni][Cl]. The van der Waals surface area contributed by atoms with Crippen LogP contribution < -0.4 is 0 Å². The molecule has 2 fully saturated rings. The average Bonchev–Trinajstić information content (AvgIpc) is 2.54. The van der Waals surface area contributed by atoms with Gasteiger partial charge < -0.3 is 0 Å². The number of unbranched alkanes of at least 4 members (excludes halogenated alkanes) is 1. The zero-order chi connectivity index (χ0) is 15.3. The van der Waals surface area contributed by atoms with E-state index < -0.39 is 0 Å². The van der Waals surface area contributed by atoms with Crippen molar-refractivity contribution in [1.29, 1.82) is 0 Å². The maximum atomic E-state index is 4.70. The van der Waals surface area contributed by atoms with Crippen LogP contribution in [0.15, 0.2) is 11.9 Å². The van der Waals surface area contributed by atoms with Crippen molar-refractivity contribution in [3.8, 4) is 0 Å². The van der Waals surface area contributed by atoms with Gasteiger partial charge in [0.2, 0.25) is 0 Å². The van der Waals surface area contributed by atoms with Crippen molar-refractivity contribution in [2.75, 3.05) is 0 Å². The molecule has 0 heterocycles. The first-order valence-corrected chi connectivity index (χ1v) is 12.9. The molecule has 21 heavy (non-hydrogen) atoms. The van der Waals surface area contributed by atoms with Crippen molar-refractivity contribution in [2.45, 2.75) is 95.3 Å². The van der Waals surface area contributed by atoms with Crippen LogP contribution in [0.4, 0.5) is 0 Å². The summed E-state index contributed by atoms with van der Waals surface area (Å²) >= 11 is 0.569. The van der Waals surface area contributed by atoms with Crippen LogP contribution in [0, 0.1) is 0 Å². The maximum absolute atomic E-state index is 4.70. The van der Waals surface area contributed by atoms with Gasteiger partial charge in [-0.25, -0.2) is 0 Å². The minimum absolute atomic E-state index is 0.211. The van der Waals surface area contributed by atoms with Crippen LogP contribution in [0.3, 0.4) is 0 Å². The van der Waals surface area contributed by atoms with Gasteiger partial charge in [0.15, 0.2) is 0 Å². The van der Waals surface area contributed by atoms with Gasteiger partial charge in [-0.15, -0.1) is 0 Å². The summed E-state index contributed by atoms with van der Waals surface area (Å²) in [5.74, 6) is 2.70. The second-order valence-corrected chi connectivity index (χ2v) is 10.5. The van der Waals surface area contributed by atoms with Crippen LogP contribution >= 0.6 is 28.3 Å². The van der Waals surface area contributed by atoms with Crippen molar-refractivity contribution in [3.05, 3.63) is 11.9 Å². The van der Waals surface area contributed by atoms with Gasteiger partial charge in [-0.2, -0.15) is 0 Å². The molecule has 0 N–H and O–H groups in total. The molecule has 0 radical (unpaired) electrons. The fraction of sp³-hybridized carbons (Fsp3) is 0.882. The standard InChI is InChI=1S/C17H31P.2ClH.Ni/c1-2-3-10-15-18(16-11-6-4-7-12-16)17-13-8-5-9-14-17;;;/h10,15-17H,2-9,11-14H2,1H3;2*1H;/q;;;+2/p-2. The van der Waals surface area contributed by atoms with E-state index in [1.165, 1.54) is 51.4 Å².